The van der Waals surface area contributed by atoms with E-state index in [2.05, 4.69) is 15.2 Å². The van der Waals surface area contributed by atoms with E-state index in [0.29, 0.717) is 11.5 Å². The molecule has 162 valence electrons. The maximum Gasteiger partial charge on any atom is 0.274 e. The minimum Gasteiger partial charge on any atom is -0.398 e. The summed E-state index contributed by atoms with van der Waals surface area (Å²) in [6.07, 6.45) is 5.09. The van der Waals surface area contributed by atoms with Crippen LogP contribution in [-0.2, 0) is 7.05 Å². The van der Waals surface area contributed by atoms with Crippen LogP contribution in [0.3, 0.4) is 0 Å². The van der Waals surface area contributed by atoms with E-state index in [0.717, 1.165) is 54.0 Å². The molecule has 3 heterocycles. The van der Waals surface area contributed by atoms with E-state index in [4.69, 9.17) is 5.73 Å². The third-order valence-electron chi connectivity index (χ3n) is 6.09. The van der Waals surface area contributed by atoms with Crippen molar-refractivity contribution in [3.05, 3.63) is 64.7 Å². The molecule has 0 spiro atoms. The van der Waals surface area contributed by atoms with Gasteiger partial charge in [0.2, 0.25) is 0 Å². The number of rotatable bonds is 4. The fourth-order valence-electron chi connectivity index (χ4n) is 3.95. The Balaban J connectivity index is 1.57. The molecule has 0 unspecified atom stereocenters. The first kappa shape index (κ1) is 20.9. The maximum absolute atomic E-state index is 12.7. The van der Waals surface area contributed by atoms with Gasteiger partial charge in [-0.3, -0.25) is 4.79 Å². The lowest BCUT2D eigenvalue weighted by Gasteiger charge is -2.37. The summed E-state index contributed by atoms with van der Waals surface area (Å²) in [5.74, 6) is 0.603. The average Bonchev–Trinajstić information content (AvgIpc) is 2.74. The third-order valence-corrected chi connectivity index (χ3v) is 6.09. The highest BCUT2D eigenvalue weighted by Crippen LogP contribution is 2.29. The van der Waals surface area contributed by atoms with E-state index >= 15 is 0 Å². The molecule has 1 aromatic carbocycles. The molecule has 1 aliphatic rings. The van der Waals surface area contributed by atoms with Crippen LogP contribution in [0, 0.1) is 6.92 Å². The molecular weight excluding hydrogens is 390 g/mol. The number of nitrogens with one attached hydrogen (secondary N) is 1. The van der Waals surface area contributed by atoms with E-state index in [1.165, 1.54) is 0 Å². The van der Waals surface area contributed by atoms with Gasteiger partial charge >= 0.3 is 0 Å². The minimum absolute atomic E-state index is 0.130. The normalized spacial score (nSPS) is 15.7. The van der Waals surface area contributed by atoms with Gasteiger partial charge in [0, 0.05) is 37.6 Å². The summed E-state index contributed by atoms with van der Waals surface area (Å²) in [4.78, 5) is 19.4. The molecule has 4 N–H and O–H groups in total. The van der Waals surface area contributed by atoms with Crippen LogP contribution in [0.4, 0.5) is 22.9 Å². The topological polar surface area (TPSA) is 96.4 Å². The predicted molar refractivity (Wildman–Crippen MR) is 126 cm³/mol. The van der Waals surface area contributed by atoms with Crippen molar-refractivity contribution in [3.63, 3.8) is 0 Å². The van der Waals surface area contributed by atoms with Crippen LogP contribution in [0.5, 0.6) is 0 Å². The SMILES string of the molecule is Cc1c(N)cccc1-c1cc(Nc2ccc(N3CCC(C)(O)CC3)cn2)c(=O)n(C)c1. The zero-order valence-corrected chi connectivity index (χ0v) is 18.2. The fourth-order valence-corrected chi connectivity index (χ4v) is 3.95. The first-order valence-electron chi connectivity index (χ1n) is 10.5. The number of hydrogen-bond donors (Lipinski definition) is 3. The van der Waals surface area contributed by atoms with E-state index < -0.39 is 5.60 Å². The van der Waals surface area contributed by atoms with Gasteiger partial charge in [0.05, 0.1) is 17.5 Å². The Morgan fingerprint density at radius 3 is 2.61 bits per heavy atom. The quantitative estimate of drug-likeness (QED) is 0.561. The van der Waals surface area contributed by atoms with E-state index in [1.807, 2.05) is 56.4 Å². The molecule has 0 atom stereocenters. The molecule has 2 aromatic heterocycles. The molecule has 0 amide bonds. The first-order valence-corrected chi connectivity index (χ1v) is 10.5. The number of piperidine rings is 1. The number of nitrogens with zero attached hydrogens (tertiary/aromatic N) is 3. The second kappa shape index (κ2) is 8.07. The van der Waals surface area contributed by atoms with E-state index in [1.54, 1.807) is 17.8 Å². The summed E-state index contributed by atoms with van der Waals surface area (Å²) in [6, 6.07) is 11.5. The Hall–Kier alpha value is -3.32. The number of benzene rings is 1. The number of nitrogens with two attached hydrogens (primary N) is 1. The lowest BCUT2D eigenvalue weighted by atomic mass is 9.94. The van der Waals surface area contributed by atoms with Gasteiger partial charge in [-0.15, -0.1) is 0 Å². The van der Waals surface area contributed by atoms with Crippen molar-refractivity contribution in [1.29, 1.82) is 0 Å². The lowest BCUT2D eigenvalue weighted by molar-refractivity contribution is 0.0351. The van der Waals surface area contributed by atoms with Gasteiger partial charge in [0.1, 0.15) is 11.5 Å². The molecule has 0 radical (unpaired) electrons. The standard InChI is InChI=1S/C24H29N5O2/c1-16-19(5-4-6-20(16)25)17-13-21(23(30)28(3)15-17)27-22-8-7-18(14-26-22)29-11-9-24(2,31)10-12-29/h4-8,13-15,31H,9-12,25H2,1-3H3,(H,26,27). The minimum atomic E-state index is -0.585. The van der Waals surface area contributed by atoms with E-state index in [-0.39, 0.29) is 5.56 Å². The number of pyridine rings is 2. The van der Waals surface area contributed by atoms with Gasteiger partial charge < -0.3 is 25.6 Å². The summed E-state index contributed by atoms with van der Waals surface area (Å²) in [5.41, 5.74) is 10.4. The van der Waals surface area contributed by atoms with Crippen molar-refractivity contribution in [2.24, 2.45) is 7.05 Å². The van der Waals surface area contributed by atoms with Crippen molar-refractivity contribution >= 4 is 22.9 Å². The molecule has 0 bridgehead atoms. The summed E-state index contributed by atoms with van der Waals surface area (Å²) >= 11 is 0. The van der Waals surface area contributed by atoms with Gasteiger partial charge in [0.15, 0.2) is 0 Å². The molecule has 1 aliphatic heterocycles. The molecule has 0 saturated carbocycles. The molecule has 1 saturated heterocycles. The number of aryl methyl sites for hydroxylation is 1. The zero-order chi connectivity index (χ0) is 22.2. The smallest absolute Gasteiger partial charge is 0.274 e. The van der Waals surface area contributed by atoms with Crippen LogP contribution in [0.1, 0.15) is 25.3 Å². The van der Waals surface area contributed by atoms with Crippen LogP contribution in [0.25, 0.3) is 11.1 Å². The maximum atomic E-state index is 12.7. The second-order valence-electron chi connectivity index (χ2n) is 8.59. The van der Waals surface area contributed by atoms with Gasteiger partial charge in [-0.05, 0) is 62.1 Å². The van der Waals surface area contributed by atoms with Crippen LogP contribution in [-0.4, -0.2) is 33.3 Å². The van der Waals surface area contributed by atoms with Crippen molar-refractivity contribution in [2.45, 2.75) is 32.3 Å². The second-order valence-corrected chi connectivity index (χ2v) is 8.59. The summed E-state index contributed by atoms with van der Waals surface area (Å²) < 4.78 is 1.56. The van der Waals surface area contributed by atoms with Crippen molar-refractivity contribution < 1.29 is 5.11 Å². The number of aromatic nitrogens is 2. The predicted octanol–water partition coefficient (Wildman–Crippen LogP) is 3.43. The highest BCUT2D eigenvalue weighted by Gasteiger charge is 2.27. The summed E-state index contributed by atoms with van der Waals surface area (Å²) in [6.45, 7) is 5.45. The van der Waals surface area contributed by atoms with Crippen molar-refractivity contribution in [1.82, 2.24) is 9.55 Å². The molecule has 1 fully saturated rings. The van der Waals surface area contributed by atoms with Crippen LogP contribution in [0.15, 0.2) is 53.6 Å². The molecule has 31 heavy (non-hydrogen) atoms. The largest absolute Gasteiger partial charge is 0.398 e. The molecule has 0 aliphatic carbocycles. The van der Waals surface area contributed by atoms with Gasteiger partial charge in [0.25, 0.3) is 5.56 Å². The molecule has 7 heteroatoms. The number of hydrogen-bond acceptors (Lipinski definition) is 6. The molecular formula is C24H29N5O2. The van der Waals surface area contributed by atoms with Gasteiger partial charge in [-0.1, -0.05) is 12.1 Å². The third kappa shape index (κ3) is 4.41. The van der Waals surface area contributed by atoms with Crippen LogP contribution >= 0.6 is 0 Å². The molecule has 3 aromatic rings. The summed E-state index contributed by atoms with van der Waals surface area (Å²) in [7, 11) is 1.74. The Morgan fingerprint density at radius 1 is 1.19 bits per heavy atom. The Kier molecular flexibility index (Phi) is 5.45. The highest BCUT2D eigenvalue weighted by molar-refractivity contribution is 5.75. The molecule has 7 nitrogen and oxygen atoms in total. The van der Waals surface area contributed by atoms with Gasteiger partial charge in [-0.25, -0.2) is 4.98 Å². The zero-order valence-electron chi connectivity index (χ0n) is 18.2. The number of nitrogen functional groups attached to an aromatic ring is 1. The first-order chi connectivity index (χ1) is 14.7. The monoisotopic (exact) mass is 419 g/mol. The highest BCUT2D eigenvalue weighted by atomic mass is 16.3. The van der Waals surface area contributed by atoms with Crippen molar-refractivity contribution in [2.75, 3.05) is 29.0 Å². The summed E-state index contributed by atoms with van der Waals surface area (Å²) in [5, 5.41) is 13.3. The number of anilines is 4. The van der Waals surface area contributed by atoms with E-state index in [9.17, 15) is 9.90 Å². The fraction of sp³-hybridized carbons (Fsp3) is 0.333. The Morgan fingerprint density at radius 2 is 1.94 bits per heavy atom. The Labute approximate surface area is 182 Å². The average molecular weight is 420 g/mol. The van der Waals surface area contributed by atoms with Crippen molar-refractivity contribution in [3.8, 4) is 11.1 Å². The number of aliphatic hydroxyl groups is 1. The van der Waals surface area contributed by atoms with Gasteiger partial charge in [-0.2, -0.15) is 0 Å². The van der Waals surface area contributed by atoms with Crippen LogP contribution < -0.4 is 21.5 Å². The lowest BCUT2D eigenvalue weighted by Crippen LogP contribution is -2.42. The van der Waals surface area contributed by atoms with Crippen LogP contribution in [0.2, 0.25) is 0 Å². The molecule has 4 rings (SSSR count). The Bertz CT molecular complexity index is 1140.